The lowest BCUT2D eigenvalue weighted by atomic mass is 9.82. The summed E-state index contributed by atoms with van der Waals surface area (Å²) in [6.07, 6.45) is 9.68. The van der Waals surface area contributed by atoms with Crippen molar-refractivity contribution in [2.45, 2.75) is 44.8 Å². The van der Waals surface area contributed by atoms with Gasteiger partial charge in [0.1, 0.15) is 12.4 Å². The van der Waals surface area contributed by atoms with Gasteiger partial charge in [0.2, 0.25) is 5.82 Å². The van der Waals surface area contributed by atoms with E-state index in [2.05, 4.69) is 27.2 Å². The molecule has 1 saturated carbocycles. The summed E-state index contributed by atoms with van der Waals surface area (Å²) in [5, 5.41) is 4.29. The molecule has 3 heterocycles. The molecule has 8 heteroatoms. The molecule has 1 amide bonds. The zero-order chi connectivity index (χ0) is 21.2. The van der Waals surface area contributed by atoms with E-state index >= 15 is 0 Å². The molecular formula is C23H27N5O3. The lowest BCUT2D eigenvalue weighted by molar-refractivity contribution is 0.0353. The number of rotatable bonds is 4. The van der Waals surface area contributed by atoms with Crippen molar-refractivity contribution in [1.29, 1.82) is 0 Å². The van der Waals surface area contributed by atoms with Gasteiger partial charge < -0.3 is 14.4 Å². The summed E-state index contributed by atoms with van der Waals surface area (Å²) in [5.41, 5.74) is 2.14. The van der Waals surface area contributed by atoms with Crippen molar-refractivity contribution in [3.8, 4) is 5.75 Å². The second-order valence-corrected chi connectivity index (χ2v) is 8.30. The highest BCUT2D eigenvalue weighted by molar-refractivity contribution is 5.91. The van der Waals surface area contributed by atoms with Crippen molar-refractivity contribution in [3.63, 3.8) is 0 Å². The van der Waals surface area contributed by atoms with Gasteiger partial charge in [0.25, 0.3) is 11.7 Å². The molecule has 1 atom stereocenters. The second kappa shape index (κ2) is 8.63. The molecule has 2 aliphatic rings. The molecule has 5 rings (SSSR count). The average molecular weight is 422 g/mol. The van der Waals surface area contributed by atoms with Gasteiger partial charge in [0.05, 0.1) is 12.6 Å². The molecule has 1 aliphatic heterocycles. The maximum absolute atomic E-state index is 13.1. The SMILES string of the molecule is COC(c1ccc2c(c1)CN(C(=O)c1nc3ncccn3n1)CCO2)C1CCCCC1. The van der Waals surface area contributed by atoms with E-state index in [-0.39, 0.29) is 17.8 Å². The fraction of sp³-hybridized carbons (Fsp3) is 0.478. The van der Waals surface area contributed by atoms with Gasteiger partial charge in [-0.2, -0.15) is 4.98 Å². The van der Waals surface area contributed by atoms with E-state index in [1.165, 1.54) is 36.6 Å². The predicted octanol–water partition coefficient (Wildman–Crippen LogP) is 3.43. The van der Waals surface area contributed by atoms with Crippen LogP contribution in [-0.4, -0.2) is 50.7 Å². The van der Waals surface area contributed by atoms with E-state index in [4.69, 9.17) is 9.47 Å². The summed E-state index contributed by atoms with van der Waals surface area (Å²) in [5.74, 6) is 1.70. The van der Waals surface area contributed by atoms with Crippen LogP contribution in [-0.2, 0) is 11.3 Å². The van der Waals surface area contributed by atoms with E-state index in [0.29, 0.717) is 31.4 Å². The highest BCUT2D eigenvalue weighted by Crippen LogP contribution is 2.38. The molecule has 0 radical (unpaired) electrons. The van der Waals surface area contributed by atoms with Gasteiger partial charge in [0, 0.05) is 31.6 Å². The lowest BCUT2D eigenvalue weighted by Gasteiger charge is -2.30. The van der Waals surface area contributed by atoms with Crippen molar-refractivity contribution in [2.24, 2.45) is 5.92 Å². The number of methoxy groups -OCH3 is 1. The number of nitrogens with zero attached hydrogens (tertiary/aromatic N) is 5. The van der Waals surface area contributed by atoms with Crippen molar-refractivity contribution in [1.82, 2.24) is 24.5 Å². The smallest absolute Gasteiger partial charge is 0.294 e. The summed E-state index contributed by atoms with van der Waals surface area (Å²) in [6, 6.07) is 8.02. The topological polar surface area (TPSA) is 81.9 Å². The van der Waals surface area contributed by atoms with Crippen molar-refractivity contribution in [3.05, 3.63) is 53.6 Å². The van der Waals surface area contributed by atoms with Gasteiger partial charge in [-0.25, -0.2) is 9.50 Å². The fourth-order valence-electron chi connectivity index (χ4n) is 4.77. The number of hydrogen-bond acceptors (Lipinski definition) is 6. The van der Waals surface area contributed by atoms with Gasteiger partial charge in [-0.05, 0) is 42.5 Å². The Hall–Kier alpha value is -3.00. The summed E-state index contributed by atoms with van der Waals surface area (Å²) >= 11 is 0. The Morgan fingerprint density at radius 2 is 2.13 bits per heavy atom. The molecule has 8 nitrogen and oxygen atoms in total. The molecule has 1 fully saturated rings. The number of benzene rings is 1. The van der Waals surface area contributed by atoms with Crippen LogP contribution in [0.25, 0.3) is 5.78 Å². The van der Waals surface area contributed by atoms with Crippen LogP contribution in [0.2, 0.25) is 0 Å². The highest BCUT2D eigenvalue weighted by Gasteiger charge is 2.28. The van der Waals surface area contributed by atoms with Crippen LogP contribution in [0.3, 0.4) is 0 Å². The minimum absolute atomic E-state index is 0.0733. The van der Waals surface area contributed by atoms with E-state index in [9.17, 15) is 4.79 Å². The third-order valence-electron chi connectivity index (χ3n) is 6.32. The number of hydrogen-bond donors (Lipinski definition) is 0. The average Bonchev–Trinajstić information content (AvgIpc) is 3.13. The first-order chi connectivity index (χ1) is 15.2. The first-order valence-corrected chi connectivity index (χ1v) is 11.0. The van der Waals surface area contributed by atoms with Crippen molar-refractivity contribution < 1.29 is 14.3 Å². The van der Waals surface area contributed by atoms with Gasteiger partial charge in [-0.1, -0.05) is 25.3 Å². The number of fused-ring (bicyclic) bond motifs is 2. The Labute approximate surface area is 181 Å². The van der Waals surface area contributed by atoms with Gasteiger partial charge >= 0.3 is 0 Å². The Bertz CT molecular complexity index is 1040. The Balaban J connectivity index is 1.40. The van der Waals surface area contributed by atoms with Gasteiger partial charge in [-0.15, -0.1) is 5.10 Å². The summed E-state index contributed by atoms with van der Waals surface area (Å²) < 4.78 is 13.4. The van der Waals surface area contributed by atoms with E-state index in [0.717, 1.165) is 16.9 Å². The third-order valence-corrected chi connectivity index (χ3v) is 6.32. The maximum Gasteiger partial charge on any atom is 0.294 e. The van der Waals surface area contributed by atoms with Gasteiger partial charge in [-0.3, -0.25) is 4.79 Å². The highest BCUT2D eigenvalue weighted by atomic mass is 16.5. The van der Waals surface area contributed by atoms with E-state index in [1.807, 2.05) is 6.07 Å². The molecule has 0 bridgehead atoms. The Morgan fingerprint density at radius 1 is 1.26 bits per heavy atom. The minimum Gasteiger partial charge on any atom is -0.491 e. The lowest BCUT2D eigenvalue weighted by Crippen LogP contribution is -2.33. The standard InChI is InChI=1S/C23H27N5O3/c1-30-20(16-6-3-2-4-7-16)17-8-9-19-18(14-17)15-27(12-13-31-19)22(29)21-25-23-24-10-5-11-28(23)26-21/h5,8-11,14,16,20H,2-4,6-7,12-13,15H2,1H3. The zero-order valence-corrected chi connectivity index (χ0v) is 17.7. The molecular weight excluding hydrogens is 394 g/mol. The first-order valence-electron chi connectivity index (χ1n) is 11.0. The van der Waals surface area contributed by atoms with Crippen LogP contribution in [0, 0.1) is 5.92 Å². The number of aromatic nitrogens is 4. The van der Waals surface area contributed by atoms with Crippen LogP contribution in [0.15, 0.2) is 36.7 Å². The molecule has 0 saturated heterocycles. The molecule has 0 N–H and O–H groups in total. The quantitative estimate of drug-likeness (QED) is 0.642. The van der Waals surface area contributed by atoms with Crippen LogP contribution in [0.5, 0.6) is 5.75 Å². The molecule has 3 aromatic rings. The molecule has 31 heavy (non-hydrogen) atoms. The maximum atomic E-state index is 13.1. The van der Waals surface area contributed by atoms with Crippen LogP contribution in [0.4, 0.5) is 0 Å². The minimum atomic E-state index is -0.220. The van der Waals surface area contributed by atoms with Crippen molar-refractivity contribution >= 4 is 11.7 Å². The molecule has 1 aliphatic carbocycles. The molecule has 1 unspecified atom stereocenters. The molecule has 2 aromatic heterocycles. The first kappa shape index (κ1) is 19.9. The Kier molecular flexibility index (Phi) is 5.55. The van der Waals surface area contributed by atoms with Crippen LogP contribution >= 0.6 is 0 Å². The predicted molar refractivity (Wildman–Crippen MR) is 114 cm³/mol. The number of amides is 1. The molecule has 162 valence electrons. The number of ether oxygens (including phenoxy) is 2. The number of carbonyl (C=O) groups is 1. The van der Waals surface area contributed by atoms with E-state index < -0.39 is 0 Å². The number of carbonyl (C=O) groups excluding carboxylic acids is 1. The second-order valence-electron chi connectivity index (χ2n) is 8.30. The third kappa shape index (κ3) is 3.99. The molecule has 0 spiro atoms. The van der Waals surface area contributed by atoms with Crippen molar-refractivity contribution in [2.75, 3.05) is 20.3 Å². The summed E-state index contributed by atoms with van der Waals surface area (Å²) in [6.45, 7) is 1.36. The zero-order valence-electron chi connectivity index (χ0n) is 17.7. The fourth-order valence-corrected chi connectivity index (χ4v) is 4.77. The largest absolute Gasteiger partial charge is 0.491 e. The summed E-state index contributed by atoms with van der Waals surface area (Å²) in [4.78, 5) is 23.3. The molecule has 1 aromatic carbocycles. The van der Waals surface area contributed by atoms with Crippen LogP contribution < -0.4 is 4.74 Å². The van der Waals surface area contributed by atoms with E-state index in [1.54, 1.807) is 30.5 Å². The summed E-state index contributed by atoms with van der Waals surface area (Å²) in [7, 11) is 1.79. The monoisotopic (exact) mass is 421 g/mol. The Morgan fingerprint density at radius 3 is 2.94 bits per heavy atom. The van der Waals surface area contributed by atoms with Crippen LogP contribution in [0.1, 0.15) is 60.0 Å². The van der Waals surface area contributed by atoms with Gasteiger partial charge in [0.15, 0.2) is 0 Å². The normalized spacial score (nSPS) is 18.3.